The molecule has 0 saturated heterocycles. The summed E-state index contributed by atoms with van der Waals surface area (Å²) in [7, 11) is 0. The van der Waals surface area contributed by atoms with E-state index in [1.54, 1.807) is 12.1 Å². The summed E-state index contributed by atoms with van der Waals surface area (Å²) < 4.78 is 0. The predicted octanol–water partition coefficient (Wildman–Crippen LogP) is 4.22. The number of nitrogens with zero attached hydrogens (tertiary/aromatic N) is 1. The fourth-order valence-electron chi connectivity index (χ4n) is 3.09. The second-order valence-corrected chi connectivity index (χ2v) is 5.72. The van der Waals surface area contributed by atoms with Crippen molar-refractivity contribution < 1.29 is 4.92 Å². The summed E-state index contributed by atoms with van der Waals surface area (Å²) >= 11 is 0. The molecule has 4 heteroatoms. The molecule has 1 N–H and O–H groups in total. The third-order valence-corrected chi connectivity index (χ3v) is 4.12. The number of benzene rings is 1. The van der Waals surface area contributed by atoms with Gasteiger partial charge >= 0.3 is 0 Å². The van der Waals surface area contributed by atoms with Crippen molar-refractivity contribution in [3.05, 3.63) is 34.4 Å². The zero-order valence-corrected chi connectivity index (χ0v) is 11.6. The van der Waals surface area contributed by atoms with E-state index in [9.17, 15) is 10.1 Å². The van der Waals surface area contributed by atoms with E-state index in [0.29, 0.717) is 23.6 Å². The molecule has 0 heterocycles. The van der Waals surface area contributed by atoms with Crippen molar-refractivity contribution in [2.24, 2.45) is 11.8 Å². The molecule has 1 aliphatic carbocycles. The summed E-state index contributed by atoms with van der Waals surface area (Å²) in [6.07, 6.45) is 4.81. The Morgan fingerprint density at radius 2 is 1.95 bits per heavy atom. The minimum absolute atomic E-state index is 0.176. The Kier molecular flexibility index (Phi) is 4.40. The van der Waals surface area contributed by atoms with Gasteiger partial charge in [0.05, 0.1) is 4.92 Å². The number of nitro benzene ring substituents is 1. The Morgan fingerprint density at radius 3 is 2.63 bits per heavy atom. The smallest absolute Gasteiger partial charge is 0.292 e. The average Bonchev–Trinajstić information content (AvgIpc) is 2.39. The minimum atomic E-state index is -0.310. The van der Waals surface area contributed by atoms with Crippen LogP contribution in [0, 0.1) is 22.0 Å². The Bertz CT molecular complexity index is 446. The third-order valence-electron chi connectivity index (χ3n) is 4.12. The summed E-state index contributed by atoms with van der Waals surface area (Å²) in [5.74, 6) is 1.22. The fraction of sp³-hybridized carbons (Fsp3) is 0.600. The zero-order chi connectivity index (χ0) is 13.8. The van der Waals surface area contributed by atoms with Crippen molar-refractivity contribution in [1.29, 1.82) is 0 Å². The van der Waals surface area contributed by atoms with Gasteiger partial charge < -0.3 is 5.32 Å². The van der Waals surface area contributed by atoms with Crippen LogP contribution in [0.25, 0.3) is 0 Å². The lowest BCUT2D eigenvalue weighted by Crippen LogP contribution is -2.35. The molecular formula is C15H22N2O2. The maximum Gasteiger partial charge on any atom is 0.292 e. The van der Waals surface area contributed by atoms with E-state index in [4.69, 9.17) is 0 Å². The number of hydrogen-bond donors (Lipinski definition) is 1. The van der Waals surface area contributed by atoms with Crippen LogP contribution in [-0.4, -0.2) is 11.0 Å². The summed E-state index contributed by atoms with van der Waals surface area (Å²) in [6, 6.07) is 7.29. The van der Waals surface area contributed by atoms with Crippen molar-refractivity contribution >= 4 is 11.4 Å². The van der Waals surface area contributed by atoms with Crippen LogP contribution in [0.5, 0.6) is 0 Å². The van der Waals surface area contributed by atoms with Crippen molar-refractivity contribution in [3.8, 4) is 0 Å². The molecule has 0 aromatic heterocycles. The highest BCUT2D eigenvalue weighted by Crippen LogP contribution is 2.34. The van der Waals surface area contributed by atoms with Gasteiger partial charge in [-0.05, 0) is 30.7 Å². The first-order chi connectivity index (χ1) is 9.09. The molecule has 1 aromatic rings. The normalized spacial score (nSPS) is 23.3. The first-order valence-corrected chi connectivity index (χ1v) is 7.09. The van der Waals surface area contributed by atoms with Crippen molar-refractivity contribution in [3.63, 3.8) is 0 Å². The van der Waals surface area contributed by atoms with Crippen LogP contribution >= 0.6 is 0 Å². The van der Waals surface area contributed by atoms with Gasteiger partial charge in [0, 0.05) is 12.1 Å². The van der Waals surface area contributed by atoms with Crippen molar-refractivity contribution in [2.45, 2.75) is 45.6 Å². The highest BCUT2D eigenvalue weighted by molar-refractivity contribution is 5.61. The van der Waals surface area contributed by atoms with E-state index >= 15 is 0 Å². The largest absolute Gasteiger partial charge is 0.376 e. The zero-order valence-electron chi connectivity index (χ0n) is 11.6. The molecule has 2 atom stereocenters. The molecule has 104 valence electrons. The van der Waals surface area contributed by atoms with Gasteiger partial charge in [0.1, 0.15) is 5.69 Å². The monoisotopic (exact) mass is 262 g/mol. The molecule has 1 aliphatic rings. The van der Waals surface area contributed by atoms with Gasteiger partial charge in [-0.2, -0.15) is 0 Å². The van der Waals surface area contributed by atoms with Crippen LogP contribution in [0.4, 0.5) is 11.4 Å². The summed E-state index contributed by atoms with van der Waals surface area (Å²) in [5, 5.41) is 14.5. The summed E-state index contributed by atoms with van der Waals surface area (Å²) in [6.45, 7) is 4.48. The number of nitrogens with one attached hydrogen (secondary N) is 1. The predicted molar refractivity (Wildman–Crippen MR) is 77.3 cm³/mol. The average molecular weight is 262 g/mol. The lowest BCUT2D eigenvalue weighted by Gasteiger charge is -2.35. The van der Waals surface area contributed by atoms with E-state index in [2.05, 4.69) is 19.2 Å². The molecule has 19 heavy (non-hydrogen) atoms. The first kappa shape index (κ1) is 13.8. The molecule has 4 nitrogen and oxygen atoms in total. The molecule has 1 aromatic carbocycles. The van der Waals surface area contributed by atoms with Crippen LogP contribution in [0.15, 0.2) is 24.3 Å². The molecular weight excluding hydrogens is 240 g/mol. The van der Waals surface area contributed by atoms with Gasteiger partial charge in [0.15, 0.2) is 0 Å². The number of nitro groups is 1. The van der Waals surface area contributed by atoms with E-state index < -0.39 is 0 Å². The quantitative estimate of drug-likeness (QED) is 0.653. The number of rotatable bonds is 4. The Hall–Kier alpha value is -1.58. The van der Waals surface area contributed by atoms with Crippen molar-refractivity contribution in [1.82, 2.24) is 0 Å². The van der Waals surface area contributed by atoms with Gasteiger partial charge in [-0.15, -0.1) is 0 Å². The maximum absolute atomic E-state index is 11.0. The Labute approximate surface area is 114 Å². The molecule has 0 radical (unpaired) electrons. The highest BCUT2D eigenvalue weighted by Gasteiger charge is 2.28. The molecule has 2 rings (SSSR count). The second kappa shape index (κ2) is 6.04. The number of anilines is 1. The minimum Gasteiger partial charge on any atom is -0.376 e. The standard InChI is InChI=1S/C15H22N2O2/c1-11(2)12-7-3-4-8-13(12)16-14-9-5-6-10-15(14)17(18)19/h5-6,9-13,16H,3-4,7-8H2,1-2H3. The molecule has 2 unspecified atom stereocenters. The number of para-hydroxylation sites is 2. The summed E-state index contributed by atoms with van der Waals surface area (Å²) in [4.78, 5) is 10.7. The molecule has 0 spiro atoms. The first-order valence-electron chi connectivity index (χ1n) is 7.09. The van der Waals surface area contributed by atoms with Gasteiger partial charge in [0.2, 0.25) is 0 Å². The van der Waals surface area contributed by atoms with Crippen LogP contribution < -0.4 is 5.32 Å². The van der Waals surface area contributed by atoms with Crippen LogP contribution in [0.3, 0.4) is 0 Å². The van der Waals surface area contributed by atoms with E-state index in [1.807, 2.05) is 12.1 Å². The van der Waals surface area contributed by atoms with E-state index in [1.165, 1.54) is 19.3 Å². The van der Waals surface area contributed by atoms with Gasteiger partial charge in [-0.3, -0.25) is 10.1 Å². The topological polar surface area (TPSA) is 55.2 Å². The second-order valence-electron chi connectivity index (χ2n) is 5.72. The maximum atomic E-state index is 11.0. The van der Waals surface area contributed by atoms with Crippen LogP contribution in [-0.2, 0) is 0 Å². The lowest BCUT2D eigenvalue weighted by molar-refractivity contribution is -0.384. The molecule has 1 fully saturated rings. The van der Waals surface area contributed by atoms with E-state index in [0.717, 1.165) is 6.42 Å². The summed E-state index contributed by atoms with van der Waals surface area (Å²) in [5.41, 5.74) is 0.834. The SMILES string of the molecule is CC(C)C1CCCCC1Nc1ccccc1[N+](=O)[O-]. The van der Waals surface area contributed by atoms with Crippen molar-refractivity contribution in [2.75, 3.05) is 5.32 Å². The van der Waals surface area contributed by atoms with Gasteiger partial charge in [0.25, 0.3) is 5.69 Å². The van der Waals surface area contributed by atoms with Gasteiger partial charge in [-0.25, -0.2) is 0 Å². The van der Waals surface area contributed by atoms with Crippen LogP contribution in [0.2, 0.25) is 0 Å². The Morgan fingerprint density at radius 1 is 1.26 bits per heavy atom. The lowest BCUT2D eigenvalue weighted by atomic mass is 9.78. The molecule has 0 amide bonds. The van der Waals surface area contributed by atoms with Gasteiger partial charge in [-0.1, -0.05) is 38.8 Å². The third kappa shape index (κ3) is 3.25. The molecule has 0 aliphatic heterocycles. The number of hydrogen-bond acceptors (Lipinski definition) is 3. The fourth-order valence-corrected chi connectivity index (χ4v) is 3.09. The molecule has 1 saturated carbocycles. The highest BCUT2D eigenvalue weighted by atomic mass is 16.6. The van der Waals surface area contributed by atoms with E-state index in [-0.39, 0.29) is 10.6 Å². The van der Waals surface area contributed by atoms with Crippen LogP contribution in [0.1, 0.15) is 39.5 Å². The Balaban J connectivity index is 2.17. The molecule has 0 bridgehead atoms.